The zero-order valence-electron chi connectivity index (χ0n) is 7.82. The van der Waals surface area contributed by atoms with E-state index in [2.05, 4.69) is 6.07 Å². The van der Waals surface area contributed by atoms with E-state index in [-0.39, 0.29) is 5.60 Å². The van der Waals surface area contributed by atoms with Gasteiger partial charge in [0.15, 0.2) is 0 Å². The highest BCUT2D eigenvalue weighted by molar-refractivity contribution is 6.42. The maximum absolute atomic E-state index is 5.91. The van der Waals surface area contributed by atoms with Crippen molar-refractivity contribution >= 4 is 23.2 Å². The van der Waals surface area contributed by atoms with Crippen molar-refractivity contribution in [3.8, 4) is 5.75 Å². The zero-order valence-corrected chi connectivity index (χ0v) is 9.33. The summed E-state index contributed by atoms with van der Waals surface area (Å²) in [6.45, 7) is 5.86. The van der Waals surface area contributed by atoms with Gasteiger partial charge in [-0.15, -0.1) is 0 Å². The number of hydrogen-bond acceptors (Lipinski definition) is 1. The van der Waals surface area contributed by atoms with Gasteiger partial charge in [-0.05, 0) is 32.9 Å². The van der Waals surface area contributed by atoms with Crippen LogP contribution >= 0.6 is 23.2 Å². The van der Waals surface area contributed by atoms with Gasteiger partial charge < -0.3 is 4.74 Å². The van der Waals surface area contributed by atoms with Crippen LogP contribution in [0.3, 0.4) is 0 Å². The van der Waals surface area contributed by atoms with Crippen LogP contribution in [0.5, 0.6) is 5.75 Å². The van der Waals surface area contributed by atoms with E-state index in [4.69, 9.17) is 27.9 Å². The molecule has 1 aromatic carbocycles. The molecule has 0 bridgehead atoms. The molecule has 0 saturated heterocycles. The normalized spacial score (nSPS) is 11.5. The Kier molecular flexibility index (Phi) is 3.09. The maximum Gasteiger partial charge on any atom is 0.140 e. The highest BCUT2D eigenvalue weighted by Crippen LogP contribution is 2.33. The van der Waals surface area contributed by atoms with Crippen molar-refractivity contribution < 1.29 is 4.74 Å². The van der Waals surface area contributed by atoms with Crippen LogP contribution in [-0.4, -0.2) is 5.60 Å². The minimum atomic E-state index is -0.270. The van der Waals surface area contributed by atoms with Crippen LogP contribution in [-0.2, 0) is 0 Å². The van der Waals surface area contributed by atoms with Gasteiger partial charge in [-0.3, -0.25) is 0 Å². The van der Waals surface area contributed by atoms with E-state index in [0.29, 0.717) is 15.8 Å². The van der Waals surface area contributed by atoms with E-state index in [9.17, 15) is 0 Å². The predicted octanol–water partition coefficient (Wildman–Crippen LogP) is 3.97. The number of ether oxygens (including phenoxy) is 1. The molecule has 0 atom stereocenters. The second-order valence-corrected chi connectivity index (χ2v) is 4.44. The second kappa shape index (κ2) is 3.77. The van der Waals surface area contributed by atoms with Crippen molar-refractivity contribution in [1.82, 2.24) is 0 Å². The first-order chi connectivity index (χ1) is 5.90. The molecular formula is C10H11Cl2O. The molecule has 0 aromatic heterocycles. The molecule has 0 fully saturated rings. The third kappa shape index (κ3) is 3.09. The minimum Gasteiger partial charge on any atom is -0.487 e. The highest BCUT2D eigenvalue weighted by Gasteiger charge is 2.14. The first kappa shape index (κ1) is 10.7. The molecule has 0 aliphatic heterocycles. The predicted molar refractivity (Wildman–Crippen MR) is 55.7 cm³/mol. The van der Waals surface area contributed by atoms with Crippen LogP contribution in [0.4, 0.5) is 0 Å². The standard InChI is InChI=1S/C10H11Cl2O/c1-10(2,3)13-8-6-4-5-7(11)9(8)12/h4,6H,1-3H3. The molecule has 13 heavy (non-hydrogen) atoms. The maximum atomic E-state index is 5.91. The average molecular weight is 218 g/mol. The number of halogens is 2. The van der Waals surface area contributed by atoms with Gasteiger partial charge in [0.05, 0.1) is 5.02 Å². The third-order valence-electron chi connectivity index (χ3n) is 1.27. The molecule has 0 heterocycles. The van der Waals surface area contributed by atoms with Crippen LogP contribution in [0, 0.1) is 6.07 Å². The molecule has 1 aromatic rings. The fourth-order valence-electron chi connectivity index (χ4n) is 0.844. The Balaban J connectivity index is 2.96. The van der Waals surface area contributed by atoms with Crippen molar-refractivity contribution in [3.63, 3.8) is 0 Å². The van der Waals surface area contributed by atoms with Gasteiger partial charge in [-0.25, -0.2) is 0 Å². The van der Waals surface area contributed by atoms with Gasteiger partial charge in [-0.1, -0.05) is 23.2 Å². The lowest BCUT2D eigenvalue weighted by Crippen LogP contribution is -2.23. The lowest BCUT2D eigenvalue weighted by Gasteiger charge is -2.22. The average Bonchev–Trinajstić information content (AvgIpc) is 1.96. The zero-order chi connectivity index (χ0) is 10.1. The van der Waals surface area contributed by atoms with Gasteiger partial charge >= 0.3 is 0 Å². The van der Waals surface area contributed by atoms with Gasteiger partial charge in [0.2, 0.25) is 0 Å². The third-order valence-corrected chi connectivity index (χ3v) is 2.04. The van der Waals surface area contributed by atoms with Crippen LogP contribution in [0.1, 0.15) is 20.8 Å². The van der Waals surface area contributed by atoms with Crippen molar-refractivity contribution in [2.24, 2.45) is 0 Å². The van der Waals surface area contributed by atoms with Crippen LogP contribution in [0.25, 0.3) is 0 Å². The molecule has 0 unspecified atom stereocenters. The Morgan fingerprint density at radius 1 is 1.31 bits per heavy atom. The minimum absolute atomic E-state index is 0.270. The Labute approximate surface area is 88.6 Å². The molecule has 0 N–H and O–H groups in total. The molecule has 0 aliphatic rings. The summed E-state index contributed by atoms with van der Waals surface area (Å²) < 4.78 is 5.58. The van der Waals surface area contributed by atoms with E-state index in [1.54, 1.807) is 12.1 Å². The van der Waals surface area contributed by atoms with Gasteiger partial charge in [-0.2, -0.15) is 0 Å². The summed E-state index contributed by atoms with van der Waals surface area (Å²) in [5.41, 5.74) is -0.270. The topological polar surface area (TPSA) is 9.23 Å². The fraction of sp³-hybridized carbons (Fsp3) is 0.400. The molecule has 71 valence electrons. The Hall–Kier alpha value is -0.400. The molecule has 0 aliphatic carbocycles. The van der Waals surface area contributed by atoms with Crippen molar-refractivity contribution in [2.75, 3.05) is 0 Å². The molecule has 1 radical (unpaired) electrons. The number of hydrogen-bond donors (Lipinski definition) is 0. The molecule has 0 amide bonds. The monoisotopic (exact) mass is 217 g/mol. The van der Waals surface area contributed by atoms with Crippen molar-refractivity contribution in [3.05, 3.63) is 28.2 Å². The van der Waals surface area contributed by atoms with E-state index < -0.39 is 0 Å². The summed E-state index contributed by atoms with van der Waals surface area (Å²) >= 11 is 11.7. The smallest absolute Gasteiger partial charge is 0.140 e. The molecule has 0 spiro atoms. The summed E-state index contributed by atoms with van der Waals surface area (Å²) in [4.78, 5) is 0. The first-order valence-electron chi connectivity index (χ1n) is 3.95. The lowest BCUT2D eigenvalue weighted by atomic mass is 10.2. The van der Waals surface area contributed by atoms with E-state index in [0.717, 1.165) is 0 Å². The van der Waals surface area contributed by atoms with Crippen molar-refractivity contribution in [2.45, 2.75) is 26.4 Å². The first-order valence-corrected chi connectivity index (χ1v) is 4.70. The summed E-state index contributed by atoms with van der Waals surface area (Å²) in [5, 5.41) is 0.808. The molecular weight excluding hydrogens is 207 g/mol. The highest BCUT2D eigenvalue weighted by atomic mass is 35.5. The van der Waals surface area contributed by atoms with E-state index in [1.807, 2.05) is 20.8 Å². The van der Waals surface area contributed by atoms with E-state index >= 15 is 0 Å². The number of benzene rings is 1. The fourth-order valence-corrected chi connectivity index (χ4v) is 1.16. The lowest BCUT2D eigenvalue weighted by molar-refractivity contribution is 0.131. The van der Waals surface area contributed by atoms with Crippen LogP contribution < -0.4 is 4.74 Å². The molecule has 1 nitrogen and oxygen atoms in total. The van der Waals surface area contributed by atoms with Crippen LogP contribution in [0.2, 0.25) is 10.0 Å². The van der Waals surface area contributed by atoms with Gasteiger partial charge in [0.1, 0.15) is 16.4 Å². The Bertz CT molecular complexity index is 302. The Morgan fingerprint density at radius 2 is 1.92 bits per heavy atom. The van der Waals surface area contributed by atoms with Crippen molar-refractivity contribution in [1.29, 1.82) is 0 Å². The molecule has 3 heteroatoms. The summed E-state index contributed by atoms with van der Waals surface area (Å²) in [5.74, 6) is 0.595. The van der Waals surface area contributed by atoms with Crippen LogP contribution in [0.15, 0.2) is 12.1 Å². The molecule has 1 rings (SSSR count). The quantitative estimate of drug-likeness (QED) is 0.692. The van der Waals surface area contributed by atoms with E-state index in [1.165, 1.54) is 0 Å². The van der Waals surface area contributed by atoms with Gasteiger partial charge in [0, 0.05) is 6.07 Å². The summed E-state index contributed by atoms with van der Waals surface area (Å²) in [7, 11) is 0. The molecule has 0 saturated carbocycles. The SMILES string of the molecule is CC(C)(C)Oc1cc[c]c(Cl)c1Cl. The number of rotatable bonds is 1. The largest absolute Gasteiger partial charge is 0.487 e. The second-order valence-electron chi connectivity index (χ2n) is 3.68. The summed E-state index contributed by atoms with van der Waals surface area (Å²) in [6, 6.07) is 6.22. The Morgan fingerprint density at radius 3 is 2.46 bits per heavy atom. The van der Waals surface area contributed by atoms with Gasteiger partial charge in [0.25, 0.3) is 0 Å². The summed E-state index contributed by atoms with van der Waals surface area (Å²) in [6.07, 6.45) is 0.